The van der Waals surface area contributed by atoms with Crippen molar-refractivity contribution in [3.05, 3.63) is 24.3 Å². The molecular weight excluding hydrogens is 308 g/mol. The molecule has 0 aliphatic heterocycles. The minimum atomic E-state index is 1.17. The summed E-state index contributed by atoms with van der Waals surface area (Å²) in [6.45, 7) is 2.24. The maximum atomic E-state index is 3.48. The van der Waals surface area contributed by atoms with E-state index in [4.69, 9.17) is 0 Å². The molecule has 0 spiro atoms. The first kappa shape index (κ1) is 20.0. The van der Waals surface area contributed by atoms with Gasteiger partial charge < -0.3 is 0 Å². The SMILES string of the molecule is CCCC/C=C\C=C\CCCCCCCCCCCBr. The topological polar surface area (TPSA) is 0 Å². The fourth-order valence-electron chi connectivity index (χ4n) is 2.27. The van der Waals surface area contributed by atoms with Crippen LogP contribution in [0.2, 0.25) is 0 Å². The van der Waals surface area contributed by atoms with Crippen LogP contribution in [0.25, 0.3) is 0 Å². The van der Waals surface area contributed by atoms with Crippen LogP contribution in [0.1, 0.15) is 90.4 Å². The summed E-state index contributed by atoms with van der Waals surface area (Å²) in [6.07, 6.45) is 26.8. The number of halogens is 1. The molecule has 0 amide bonds. The fraction of sp³-hybridized carbons (Fsp3) is 0.789. The van der Waals surface area contributed by atoms with Crippen LogP contribution < -0.4 is 0 Å². The summed E-state index contributed by atoms with van der Waals surface area (Å²) in [7, 11) is 0. The second-order valence-electron chi connectivity index (χ2n) is 5.66. The van der Waals surface area contributed by atoms with Gasteiger partial charge in [0.05, 0.1) is 0 Å². The second kappa shape index (κ2) is 19.0. The molecule has 0 aliphatic carbocycles. The molecule has 0 nitrogen and oxygen atoms in total. The van der Waals surface area contributed by atoms with Crippen molar-refractivity contribution in [3.8, 4) is 0 Å². The average molecular weight is 343 g/mol. The largest absolute Gasteiger partial charge is 0.0928 e. The molecule has 0 aromatic rings. The summed E-state index contributed by atoms with van der Waals surface area (Å²) < 4.78 is 0. The van der Waals surface area contributed by atoms with E-state index in [1.54, 1.807) is 0 Å². The Morgan fingerprint density at radius 3 is 1.55 bits per heavy atom. The number of rotatable bonds is 15. The van der Waals surface area contributed by atoms with Crippen LogP contribution in [0.5, 0.6) is 0 Å². The van der Waals surface area contributed by atoms with Gasteiger partial charge in [-0.25, -0.2) is 0 Å². The first-order valence-corrected chi connectivity index (χ1v) is 9.91. The van der Waals surface area contributed by atoms with E-state index in [1.807, 2.05) is 0 Å². The second-order valence-corrected chi connectivity index (χ2v) is 6.45. The van der Waals surface area contributed by atoms with E-state index < -0.39 is 0 Å². The van der Waals surface area contributed by atoms with Gasteiger partial charge in [-0.15, -0.1) is 0 Å². The standard InChI is InChI=1S/C19H35Br/c1-2-3-4-5-6-7-8-9-10-11-12-13-14-15-16-17-18-19-20/h5-8H,2-4,9-19H2,1H3/b6-5-,8-7+. The zero-order chi connectivity index (χ0) is 14.7. The Balaban J connectivity index is 3.09. The summed E-state index contributed by atoms with van der Waals surface area (Å²) in [4.78, 5) is 0. The number of hydrogen-bond acceptors (Lipinski definition) is 0. The van der Waals surface area contributed by atoms with Gasteiger partial charge in [0.15, 0.2) is 0 Å². The summed E-state index contributed by atoms with van der Waals surface area (Å²) in [5.41, 5.74) is 0. The number of alkyl halides is 1. The Kier molecular flexibility index (Phi) is 18.9. The molecule has 0 saturated heterocycles. The van der Waals surface area contributed by atoms with E-state index in [-0.39, 0.29) is 0 Å². The van der Waals surface area contributed by atoms with Crippen LogP contribution in [-0.2, 0) is 0 Å². The Labute approximate surface area is 136 Å². The zero-order valence-corrected chi connectivity index (χ0v) is 15.2. The van der Waals surface area contributed by atoms with E-state index in [2.05, 4.69) is 47.2 Å². The van der Waals surface area contributed by atoms with Gasteiger partial charge in [0.25, 0.3) is 0 Å². The lowest BCUT2D eigenvalue weighted by Gasteiger charge is -2.00. The van der Waals surface area contributed by atoms with Gasteiger partial charge in [0, 0.05) is 5.33 Å². The molecule has 0 fully saturated rings. The molecule has 0 bridgehead atoms. The van der Waals surface area contributed by atoms with Crippen LogP contribution in [0.15, 0.2) is 24.3 Å². The van der Waals surface area contributed by atoms with Crippen LogP contribution in [0.4, 0.5) is 0 Å². The number of allylic oxidation sites excluding steroid dienone is 4. The Morgan fingerprint density at radius 2 is 1.05 bits per heavy atom. The van der Waals surface area contributed by atoms with Crippen molar-refractivity contribution in [1.29, 1.82) is 0 Å². The highest BCUT2D eigenvalue weighted by Gasteiger charge is 1.91. The molecule has 0 saturated carbocycles. The lowest BCUT2D eigenvalue weighted by molar-refractivity contribution is 0.567. The van der Waals surface area contributed by atoms with Crippen LogP contribution in [-0.4, -0.2) is 5.33 Å². The molecule has 0 atom stereocenters. The van der Waals surface area contributed by atoms with Gasteiger partial charge in [0.1, 0.15) is 0 Å². The summed E-state index contributed by atoms with van der Waals surface area (Å²) in [6, 6.07) is 0. The molecule has 118 valence electrons. The summed E-state index contributed by atoms with van der Waals surface area (Å²) in [5.74, 6) is 0. The fourth-order valence-corrected chi connectivity index (χ4v) is 2.66. The van der Waals surface area contributed by atoms with Gasteiger partial charge in [-0.2, -0.15) is 0 Å². The van der Waals surface area contributed by atoms with Crippen LogP contribution in [0.3, 0.4) is 0 Å². The molecule has 0 aromatic heterocycles. The molecular formula is C19H35Br. The Hall–Kier alpha value is -0.0400. The monoisotopic (exact) mass is 342 g/mol. The molecule has 0 heterocycles. The maximum absolute atomic E-state index is 3.48. The molecule has 0 radical (unpaired) electrons. The maximum Gasteiger partial charge on any atom is 0.00313 e. The van der Waals surface area contributed by atoms with Crippen molar-refractivity contribution < 1.29 is 0 Å². The van der Waals surface area contributed by atoms with Gasteiger partial charge >= 0.3 is 0 Å². The first-order chi connectivity index (χ1) is 9.91. The zero-order valence-electron chi connectivity index (χ0n) is 13.6. The summed E-state index contributed by atoms with van der Waals surface area (Å²) in [5, 5.41) is 1.17. The van der Waals surface area contributed by atoms with E-state index in [1.165, 1.54) is 88.8 Å². The van der Waals surface area contributed by atoms with Crippen molar-refractivity contribution in [1.82, 2.24) is 0 Å². The lowest BCUT2D eigenvalue weighted by atomic mass is 10.1. The third-order valence-corrected chi connectivity index (χ3v) is 4.17. The molecule has 0 aliphatic rings. The average Bonchev–Trinajstić information content (AvgIpc) is 2.47. The molecule has 0 N–H and O–H groups in total. The molecule has 0 rings (SSSR count). The number of hydrogen-bond donors (Lipinski definition) is 0. The molecule has 1 heteroatoms. The predicted octanol–water partition coefficient (Wildman–Crippen LogP) is 7.58. The van der Waals surface area contributed by atoms with Gasteiger partial charge in [0.2, 0.25) is 0 Å². The van der Waals surface area contributed by atoms with Crippen molar-refractivity contribution in [2.75, 3.05) is 5.33 Å². The van der Waals surface area contributed by atoms with Crippen molar-refractivity contribution >= 4 is 15.9 Å². The smallest absolute Gasteiger partial charge is 0.00313 e. The van der Waals surface area contributed by atoms with Crippen molar-refractivity contribution in [2.45, 2.75) is 90.4 Å². The molecule has 0 aromatic carbocycles. The minimum absolute atomic E-state index is 1.17. The summed E-state index contributed by atoms with van der Waals surface area (Å²) >= 11 is 3.48. The van der Waals surface area contributed by atoms with Crippen molar-refractivity contribution in [2.24, 2.45) is 0 Å². The van der Waals surface area contributed by atoms with E-state index in [9.17, 15) is 0 Å². The third-order valence-electron chi connectivity index (χ3n) is 3.61. The highest BCUT2D eigenvalue weighted by Crippen LogP contribution is 2.11. The Bertz CT molecular complexity index is 218. The van der Waals surface area contributed by atoms with E-state index >= 15 is 0 Å². The number of unbranched alkanes of at least 4 members (excludes halogenated alkanes) is 11. The molecule has 0 unspecified atom stereocenters. The molecule has 20 heavy (non-hydrogen) atoms. The normalized spacial score (nSPS) is 11.9. The van der Waals surface area contributed by atoms with Crippen molar-refractivity contribution in [3.63, 3.8) is 0 Å². The lowest BCUT2D eigenvalue weighted by Crippen LogP contribution is -1.82. The third kappa shape index (κ3) is 18.0. The Morgan fingerprint density at radius 1 is 0.600 bits per heavy atom. The van der Waals surface area contributed by atoms with E-state index in [0.29, 0.717) is 0 Å². The minimum Gasteiger partial charge on any atom is -0.0928 e. The first-order valence-electron chi connectivity index (χ1n) is 8.79. The van der Waals surface area contributed by atoms with Gasteiger partial charge in [-0.3, -0.25) is 0 Å². The van der Waals surface area contributed by atoms with Gasteiger partial charge in [-0.1, -0.05) is 105 Å². The quantitative estimate of drug-likeness (QED) is 0.163. The predicted molar refractivity (Wildman–Crippen MR) is 97.8 cm³/mol. The highest BCUT2D eigenvalue weighted by atomic mass is 79.9. The van der Waals surface area contributed by atoms with Crippen LogP contribution in [0, 0.1) is 0 Å². The van der Waals surface area contributed by atoms with E-state index in [0.717, 1.165) is 0 Å². The highest BCUT2D eigenvalue weighted by molar-refractivity contribution is 9.09. The van der Waals surface area contributed by atoms with Crippen LogP contribution >= 0.6 is 15.9 Å². The van der Waals surface area contributed by atoms with Gasteiger partial charge in [-0.05, 0) is 25.7 Å².